The number of carbonyl (C=O) groups is 2. The van der Waals surface area contributed by atoms with Crippen LogP contribution in [-0.2, 0) is 9.53 Å². The van der Waals surface area contributed by atoms with Gasteiger partial charge in [0.15, 0.2) is 0 Å². The number of methoxy groups -OCH3 is 1. The molecule has 0 saturated heterocycles. The van der Waals surface area contributed by atoms with Gasteiger partial charge in [-0.2, -0.15) is 0 Å². The van der Waals surface area contributed by atoms with Gasteiger partial charge in [-0.25, -0.2) is 9.78 Å². The van der Waals surface area contributed by atoms with E-state index in [2.05, 4.69) is 26.2 Å². The average molecular weight is 364 g/mol. The predicted octanol–water partition coefficient (Wildman–Crippen LogP) is 2.82. The number of esters is 1. The Morgan fingerprint density at radius 3 is 2.70 bits per heavy atom. The van der Waals surface area contributed by atoms with Gasteiger partial charge < -0.3 is 10.1 Å². The Balaban J connectivity index is 2.90. The fourth-order valence-electron chi connectivity index (χ4n) is 1.65. The Bertz CT molecular complexity index is 508. The molecule has 20 heavy (non-hydrogen) atoms. The van der Waals surface area contributed by atoms with Gasteiger partial charge >= 0.3 is 5.97 Å². The van der Waals surface area contributed by atoms with Gasteiger partial charge in [0, 0.05) is 10.7 Å². The summed E-state index contributed by atoms with van der Waals surface area (Å²) in [5.74, 6) is -0.707. The first-order valence-electron chi connectivity index (χ1n) is 6.04. The molecule has 7 heteroatoms. The molecule has 1 unspecified atom stereocenters. The molecule has 0 saturated carbocycles. The first-order valence-corrected chi connectivity index (χ1v) is 7.22. The van der Waals surface area contributed by atoms with Crippen molar-refractivity contribution >= 4 is 39.4 Å². The summed E-state index contributed by atoms with van der Waals surface area (Å²) in [6.07, 6.45) is 1.97. The maximum atomic E-state index is 12.2. The lowest BCUT2D eigenvalue weighted by atomic mass is 10.0. The van der Waals surface area contributed by atoms with Crippen LogP contribution in [0.3, 0.4) is 0 Å². The van der Waals surface area contributed by atoms with Crippen molar-refractivity contribution in [2.75, 3.05) is 7.11 Å². The summed E-state index contributed by atoms with van der Waals surface area (Å²) in [6.45, 7) is 3.91. The molecule has 1 aromatic heterocycles. The molecule has 0 aliphatic rings. The van der Waals surface area contributed by atoms with Crippen molar-refractivity contribution in [1.29, 1.82) is 0 Å². The van der Waals surface area contributed by atoms with E-state index in [1.165, 1.54) is 13.3 Å². The summed E-state index contributed by atoms with van der Waals surface area (Å²) in [6, 6.07) is 0.844. The molecule has 1 N–H and O–H groups in total. The minimum atomic E-state index is -0.706. The van der Waals surface area contributed by atoms with Gasteiger partial charge in [-0.05, 0) is 34.3 Å². The van der Waals surface area contributed by atoms with Crippen LogP contribution in [0.15, 0.2) is 16.7 Å². The molecule has 5 nitrogen and oxygen atoms in total. The maximum absolute atomic E-state index is 12.2. The largest absolute Gasteiger partial charge is 0.467 e. The summed E-state index contributed by atoms with van der Waals surface area (Å²) in [5.41, 5.74) is 0.207. The topological polar surface area (TPSA) is 68.3 Å². The van der Waals surface area contributed by atoms with Crippen LogP contribution in [0.4, 0.5) is 0 Å². The fourth-order valence-corrected chi connectivity index (χ4v) is 2.17. The number of rotatable bonds is 5. The Labute approximate surface area is 131 Å². The summed E-state index contributed by atoms with van der Waals surface area (Å²) in [4.78, 5) is 27.7. The number of nitrogens with one attached hydrogen (secondary N) is 1. The van der Waals surface area contributed by atoms with E-state index in [4.69, 9.17) is 16.3 Å². The van der Waals surface area contributed by atoms with Crippen LogP contribution in [0.1, 0.15) is 30.6 Å². The smallest absolute Gasteiger partial charge is 0.328 e. The van der Waals surface area contributed by atoms with Crippen molar-refractivity contribution in [3.63, 3.8) is 0 Å². The SMILES string of the molecule is COC(=O)C(CC(C)C)NC(=O)c1cc(Br)cnc1Cl. The lowest BCUT2D eigenvalue weighted by Crippen LogP contribution is -2.42. The van der Waals surface area contributed by atoms with Gasteiger partial charge in [0.1, 0.15) is 11.2 Å². The number of amides is 1. The number of hydrogen-bond donors (Lipinski definition) is 1. The van der Waals surface area contributed by atoms with E-state index in [0.29, 0.717) is 10.9 Å². The quantitative estimate of drug-likeness (QED) is 0.645. The van der Waals surface area contributed by atoms with Gasteiger partial charge in [0.05, 0.1) is 12.7 Å². The zero-order valence-corrected chi connectivity index (χ0v) is 13.8. The molecule has 0 aromatic carbocycles. The maximum Gasteiger partial charge on any atom is 0.328 e. The summed E-state index contributed by atoms with van der Waals surface area (Å²) in [5, 5.41) is 2.71. The van der Waals surface area contributed by atoms with Crippen molar-refractivity contribution in [3.05, 3.63) is 27.5 Å². The zero-order chi connectivity index (χ0) is 15.3. The zero-order valence-electron chi connectivity index (χ0n) is 11.4. The van der Waals surface area contributed by atoms with E-state index < -0.39 is 17.9 Å². The summed E-state index contributed by atoms with van der Waals surface area (Å²) < 4.78 is 5.32. The second kappa shape index (κ2) is 7.59. The second-order valence-corrected chi connectivity index (χ2v) is 5.94. The van der Waals surface area contributed by atoms with E-state index in [1.54, 1.807) is 6.07 Å². The van der Waals surface area contributed by atoms with E-state index in [9.17, 15) is 9.59 Å². The van der Waals surface area contributed by atoms with E-state index >= 15 is 0 Å². The van der Waals surface area contributed by atoms with Crippen LogP contribution in [0.2, 0.25) is 5.15 Å². The monoisotopic (exact) mass is 362 g/mol. The lowest BCUT2D eigenvalue weighted by molar-refractivity contribution is -0.143. The van der Waals surface area contributed by atoms with Crippen LogP contribution in [0.25, 0.3) is 0 Å². The average Bonchev–Trinajstić information content (AvgIpc) is 2.39. The molecule has 110 valence electrons. The van der Waals surface area contributed by atoms with E-state index in [-0.39, 0.29) is 16.6 Å². The molecule has 0 fully saturated rings. The molecular formula is C13H16BrClN2O3. The predicted molar refractivity (Wildman–Crippen MR) is 79.7 cm³/mol. The number of halogens is 2. The van der Waals surface area contributed by atoms with Gasteiger partial charge in [-0.1, -0.05) is 25.4 Å². The van der Waals surface area contributed by atoms with Crippen LogP contribution in [0.5, 0.6) is 0 Å². The highest BCUT2D eigenvalue weighted by Gasteiger charge is 2.24. The highest BCUT2D eigenvalue weighted by molar-refractivity contribution is 9.10. The Morgan fingerprint density at radius 2 is 2.15 bits per heavy atom. The van der Waals surface area contributed by atoms with Crippen molar-refractivity contribution in [2.45, 2.75) is 26.3 Å². The second-order valence-electron chi connectivity index (χ2n) is 4.67. The van der Waals surface area contributed by atoms with Crippen LogP contribution in [-0.4, -0.2) is 30.0 Å². The number of carbonyl (C=O) groups excluding carboxylic acids is 2. The highest BCUT2D eigenvalue weighted by Crippen LogP contribution is 2.18. The number of nitrogens with zero attached hydrogens (tertiary/aromatic N) is 1. The minimum absolute atomic E-state index is 0.0823. The van der Waals surface area contributed by atoms with Crippen molar-refractivity contribution in [2.24, 2.45) is 5.92 Å². The molecule has 0 radical (unpaired) electrons. The third kappa shape index (κ3) is 4.76. The molecule has 1 heterocycles. The molecule has 1 atom stereocenters. The van der Waals surface area contributed by atoms with Gasteiger partial charge in [-0.15, -0.1) is 0 Å². The fraction of sp³-hybridized carbons (Fsp3) is 0.462. The standard InChI is InChI=1S/C13H16BrClN2O3/c1-7(2)4-10(13(19)20-3)17-12(18)9-5-8(14)6-16-11(9)15/h5-7,10H,4H2,1-3H3,(H,17,18). The molecule has 1 amide bonds. The molecule has 1 rings (SSSR count). The van der Waals surface area contributed by atoms with E-state index in [0.717, 1.165) is 0 Å². The first kappa shape index (κ1) is 16.9. The summed E-state index contributed by atoms with van der Waals surface area (Å²) >= 11 is 9.11. The Kier molecular flexibility index (Phi) is 6.42. The van der Waals surface area contributed by atoms with Gasteiger partial charge in [-0.3, -0.25) is 4.79 Å². The van der Waals surface area contributed by atoms with Crippen LogP contribution in [0, 0.1) is 5.92 Å². The lowest BCUT2D eigenvalue weighted by Gasteiger charge is -2.18. The van der Waals surface area contributed by atoms with Crippen molar-refractivity contribution in [3.8, 4) is 0 Å². The number of aromatic nitrogens is 1. The molecular weight excluding hydrogens is 348 g/mol. The third-order valence-electron chi connectivity index (χ3n) is 2.55. The summed E-state index contributed by atoms with van der Waals surface area (Å²) in [7, 11) is 1.29. The highest BCUT2D eigenvalue weighted by atomic mass is 79.9. The molecule has 1 aromatic rings. The Hall–Kier alpha value is -1.14. The molecule has 0 spiro atoms. The molecule has 0 aliphatic carbocycles. The number of pyridine rings is 1. The van der Waals surface area contributed by atoms with Crippen LogP contribution < -0.4 is 5.32 Å². The molecule has 0 aliphatic heterocycles. The number of hydrogen-bond acceptors (Lipinski definition) is 4. The van der Waals surface area contributed by atoms with E-state index in [1.807, 2.05) is 13.8 Å². The van der Waals surface area contributed by atoms with Gasteiger partial charge in [0.2, 0.25) is 0 Å². The van der Waals surface area contributed by atoms with Crippen molar-refractivity contribution < 1.29 is 14.3 Å². The number of ether oxygens (including phenoxy) is 1. The van der Waals surface area contributed by atoms with Crippen molar-refractivity contribution in [1.82, 2.24) is 10.3 Å². The third-order valence-corrected chi connectivity index (χ3v) is 3.28. The minimum Gasteiger partial charge on any atom is -0.467 e. The van der Waals surface area contributed by atoms with Crippen LogP contribution >= 0.6 is 27.5 Å². The Morgan fingerprint density at radius 1 is 1.50 bits per heavy atom. The first-order chi connectivity index (χ1) is 9.35. The normalized spacial score (nSPS) is 12.1. The molecule has 0 bridgehead atoms. The van der Waals surface area contributed by atoms with Gasteiger partial charge in [0.25, 0.3) is 5.91 Å².